The number of methoxy groups -OCH3 is 1. The molecule has 0 aliphatic rings. The highest BCUT2D eigenvalue weighted by Gasteiger charge is 2.03. The van der Waals surface area contributed by atoms with Crippen molar-refractivity contribution in [2.75, 3.05) is 12.6 Å². The van der Waals surface area contributed by atoms with Gasteiger partial charge in [-0.1, -0.05) is 12.1 Å². The molecule has 0 saturated carbocycles. The Kier molecular flexibility index (Phi) is 3.08. The van der Waals surface area contributed by atoms with Crippen LogP contribution in [0.3, 0.4) is 0 Å². The average molecular weight is 185 g/mol. The van der Waals surface area contributed by atoms with Crippen molar-refractivity contribution in [3.8, 4) is 0 Å². The normalized spacial score (nSPS) is 9.08. The number of benzene rings is 1. The third kappa shape index (κ3) is 2.62. The van der Waals surface area contributed by atoms with Crippen molar-refractivity contribution in [1.29, 1.82) is 0 Å². The van der Waals surface area contributed by atoms with Gasteiger partial charge in [0.05, 0.1) is 7.11 Å². The highest BCUT2D eigenvalue weighted by atomic mass is 19.1. The molecular weight excluding hydrogens is 177 g/mol. The summed E-state index contributed by atoms with van der Waals surface area (Å²) in [6.07, 6.45) is -0.928. The van der Waals surface area contributed by atoms with Crippen molar-refractivity contribution in [1.82, 2.24) is 0 Å². The van der Waals surface area contributed by atoms with E-state index in [9.17, 15) is 9.18 Å². The lowest BCUT2D eigenvalue weighted by Crippen LogP contribution is -2.10. The summed E-state index contributed by atoms with van der Waals surface area (Å²) in [5, 5.41) is 0. The second kappa shape index (κ2) is 4.30. The van der Waals surface area contributed by atoms with E-state index in [2.05, 4.69) is 15.1 Å². The zero-order chi connectivity index (χ0) is 9.68. The van der Waals surface area contributed by atoms with E-state index in [1.165, 1.54) is 18.2 Å². The predicted octanol–water partition coefficient (Wildman–Crippen LogP) is 1.94. The molecule has 0 unspecified atom stereocenters. The number of carbonyl (C=O) groups excluding carboxylic acids is 1. The van der Waals surface area contributed by atoms with Crippen LogP contribution in [0.2, 0.25) is 0 Å². The van der Waals surface area contributed by atoms with Crippen molar-refractivity contribution in [3.63, 3.8) is 0 Å². The van der Waals surface area contributed by atoms with Crippen LogP contribution < -0.4 is 5.48 Å². The van der Waals surface area contributed by atoms with E-state index in [1.807, 2.05) is 0 Å². The Balaban J connectivity index is 2.54. The quantitative estimate of drug-likeness (QED) is 0.565. The number of para-hydroxylation sites is 1. The Morgan fingerprint density at radius 3 is 2.77 bits per heavy atom. The van der Waals surface area contributed by atoms with Crippen LogP contribution in [0, 0.1) is 5.82 Å². The lowest BCUT2D eigenvalue weighted by atomic mass is 10.3. The molecule has 1 aromatic carbocycles. The minimum Gasteiger partial charge on any atom is -0.436 e. The van der Waals surface area contributed by atoms with Crippen LogP contribution >= 0.6 is 0 Å². The maximum atomic E-state index is 12.8. The molecule has 0 aromatic heterocycles. The van der Waals surface area contributed by atoms with E-state index in [0.717, 1.165) is 7.11 Å². The molecule has 0 amide bonds. The predicted molar refractivity (Wildman–Crippen MR) is 43.5 cm³/mol. The first-order valence-corrected chi connectivity index (χ1v) is 3.49. The van der Waals surface area contributed by atoms with Crippen LogP contribution in [0.4, 0.5) is 14.9 Å². The fourth-order valence-electron chi connectivity index (χ4n) is 0.682. The average Bonchev–Trinajstić information content (AvgIpc) is 2.16. The molecule has 0 aliphatic heterocycles. The summed E-state index contributed by atoms with van der Waals surface area (Å²) >= 11 is 0. The number of hydrogen-bond acceptors (Lipinski definition) is 4. The number of nitrogens with one attached hydrogen (secondary N) is 1. The summed E-state index contributed by atoms with van der Waals surface area (Å²) in [6.45, 7) is 0. The molecule has 1 N–H and O–H groups in total. The molecule has 0 radical (unpaired) electrons. The van der Waals surface area contributed by atoms with Crippen molar-refractivity contribution < 1.29 is 18.8 Å². The molecule has 0 aliphatic carbocycles. The molecule has 70 valence electrons. The number of halogens is 1. The Hall–Kier alpha value is -1.78. The van der Waals surface area contributed by atoms with Crippen molar-refractivity contribution >= 4 is 11.8 Å². The third-order valence-corrected chi connectivity index (χ3v) is 1.28. The van der Waals surface area contributed by atoms with Crippen LogP contribution in [0.15, 0.2) is 24.3 Å². The molecule has 0 bridgehead atoms. The Morgan fingerprint density at radius 2 is 2.15 bits per heavy atom. The Bertz CT molecular complexity index is 303. The first kappa shape index (κ1) is 9.31. The van der Waals surface area contributed by atoms with Crippen LogP contribution in [-0.4, -0.2) is 13.3 Å². The van der Waals surface area contributed by atoms with Crippen LogP contribution in [0.1, 0.15) is 0 Å². The van der Waals surface area contributed by atoms with Gasteiger partial charge in [0.2, 0.25) is 0 Å². The van der Waals surface area contributed by atoms with Crippen LogP contribution in [0.5, 0.6) is 0 Å². The van der Waals surface area contributed by atoms with E-state index in [1.54, 1.807) is 6.07 Å². The van der Waals surface area contributed by atoms with Crippen molar-refractivity contribution in [3.05, 3.63) is 30.1 Å². The van der Waals surface area contributed by atoms with Gasteiger partial charge in [0.15, 0.2) is 0 Å². The van der Waals surface area contributed by atoms with Gasteiger partial charge in [0.1, 0.15) is 11.5 Å². The first-order chi connectivity index (χ1) is 6.24. The maximum absolute atomic E-state index is 12.8. The van der Waals surface area contributed by atoms with Gasteiger partial charge in [0.25, 0.3) is 0 Å². The minimum atomic E-state index is -0.928. The Labute approximate surface area is 74.2 Å². The molecule has 0 spiro atoms. The molecule has 0 saturated heterocycles. The zero-order valence-electron chi connectivity index (χ0n) is 6.91. The van der Waals surface area contributed by atoms with Crippen molar-refractivity contribution in [2.45, 2.75) is 0 Å². The van der Waals surface area contributed by atoms with E-state index in [-0.39, 0.29) is 5.69 Å². The molecule has 13 heavy (non-hydrogen) atoms. The highest BCUT2D eigenvalue weighted by Crippen LogP contribution is 2.11. The summed E-state index contributed by atoms with van der Waals surface area (Å²) in [4.78, 5) is 14.8. The molecular formula is C8H8FNO3. The minimum absolute atomic E-state index is 0.0768. The number of carbonyl (C=O) groups is 1. The van der Waals surface area contributed by atoms with E-state index < -0.39 is 12.0 Å². The van der Waals surface area contributed by atoms with Crippen LogP contribution in [0.25, 0.3) is 0 Å². The molecule has 1 aromatic rings. The van der Waals surface area contributed by atoms with E-state index in [4.69, 9.17) is 0 Å². The fraction of sp³-hybridized carbons (Fsp3) is 0.125. The summed E-state index contributed by atoms with van der Waals surface area (Å²) in [5.74, 6) is -0.508. The van der Waals surface area contributed by atoms with Crippen LogP contribution in [-0.2, 0) is 9.57 Å². The van der Waals surface area contributed by atoms with Gasteiger partial charge >= 0.3 is 6.16 Å². The highest BCUT2D eigenvalue weighted by molar-refractivity contribution is 5.61. The van der Waals surface area contributed by atoms with Gasteiger partial charge in [-0.2, -0.15) is 0 Å². The van der Waals surface area contributed by atoms with Gasteiger partial charge in [-0.15, -0.1) is 0 Å². The van der Waals surface area contributed by atoms with Crippen molar-refractivity contribution in [2.24, 2.45) is 0 Å². The number of hydrogen-bond donors (Lipinski definition) is 1. The van der Waals surface area contributed by atoms with Gasteiger partial charge in [0, 0.05) is 0 Å². The standard InChI is InChI=1S/C8H8FNO3/c1-12-8(11)13-10-7-5-3-2-4-6(7)9/h2-5,10H,1H3. The van der Waals surface area contributed by atoms with Gasteiger partial charge in [-0.25, -0.2) is 14.7 Å². The molecule has 0 heterocycles. The fourth-order valence-corrected chi connectivity index (χ4v) is 0.682. The first-order valence-electron chi connectivity index (χ1n) is 3.49. The topological polar surface area (TPSA) is 47.6 Å². The summed E-state index contributed by atoms with van der Waals surface area (Å²) in [7, 11) is 1.16. The SMILES string of the molecule is COC(=O)ONc1ccccc1F. The summed E-state index contributed by atoms with van der Waals surface area (Å²) < 4.78 is 17.0. The van der Waals surface area contributed by atoms with Gasteiger partial charge in [-0.3, -0.25) is 0 Å². The number of anilines is 1. The lowest BCUT2D eigenvalue weighted by Gasteiger charge is -2.05. The smallest absolute Gasteiger partial charge is 0.436 e. The summed E-state index contributed by atoms with van der Waals surface area (Å²) in [6, 6.07) is 5.80. The largest absolute Gasteiger partial charge is 0.532 e. The lowest BCUT2D eigenvalue weighted by molar-refractivity contribution is 0.0911. The number of rotatable bonds is 2. The maximum Gasteiger partial charge on any atom is 0.532 e. The number of ether oxygens (including phenoxy) is 1. The monoisotopic (exact) mass is 185 g/mol. The second-order valence-corrected chi connectivity index (χ2v) is 2.14. The second-order valence-electron chi connectivity index (χ2n) is 2.14. The molecule has 5 heteroatoms. The van der Waals surface area contributed by atoms with E-state index >= 15 is 0 Å². The third-order valence-electron chi connectivity index (χ3n) is 1.28. The molecule has 4 nitrogen and oxygen atoms in total. The van der Waals surface area contributed by atoms with Gasteiger partial charge in [-0.05, 0) is 12.1 Å². The Morgan fingerprint density at radius 1 is 1.46 bits per heavy atom. The van der Waals surface area contributed by atoms with Gasteiger partial charge < -0.3 is 9.57 Å². The summed E-state index contributed by atoms with van der Waals surface area (Å²) in [5.41, 5.74) is 2.19. The molecule has 1 rings (SSSR count). The van der Waals surface area contributed by atoms with E-state index in [0.29, 0.717) is 0 Å². The molecule has 0 atom stereocenters. The zero-order valence-corrected chi connectivity index (χ0v) is 6.91. The molecule has 0 fully saturated rings.